The Morgan fingerprint density at radius 3 is 2.73 bits per heavy atom. The van der Waals surface area contributed by atoms with Gasteiger partial charge in [-0.05, 0) is 24.6 Å². The van der Waals surface area contributed by atoms with Crippen LogP contribution in [0, 0.1) is 12.7 Å². The third-order valence-corrected chi connectivity index (χ3v) is 2.09. The molecule has 0 aliphatic heterocycles. The van der Waals surface area contributed by atoms with Gasteiger partial charge in [-0.1, -0.05) is 11.6 Å². The van der Waals surface area contributed by atoms with Crippen LogP contribution in [0.25, 0.3) is 0 Å². The number of anilines is 1. The van der Waals surface area contributed by atoms with Crippen molar-refractivity contribution in [1.29, 1.82) is 0 Å². The van der Waals surface area contributed by atoms with Crippen molar-refractivity contribution in [2.75, 3.05) is 4.34 Å². The first-order valence-electron chi connectivity index (χ1n) is 2.97. The van der Waals surface area contributed by atoms with Crippen LogP contribution in [0.1, 0.15) is 5.56 Å². The van der Waals surface area contributed by atoms with Crippen molar-refractivity contribution < 1.29 is 4.39 Å². The van der Waals surface area contributed by atoms with Gasteiger partial charge in [-0.25, -0.2) is 4.39 Å². The van der Waals surface area contributed by atoms with Crippen molar-refractivity contribution in [3.63, 3.8) is 0 Å². The van der Waals surface area contributed by atoms with Gasteiger partial charge in [-0.2, -0.15) is 0 Å². The number of halogens is 3. The molecule has 0 aromatic heterocycles. The Balaban J connectivity index is 3.21. The topological polar surface area (TPSA) is 12.0 Å². The van der Waals surface area contributed by atoms with E-state index in [9.17, 15) is 4.39 Å². The van der Waals surface area contributed by atoms with E-state index in [2.05, 4.69) is 20.5 Å². The molecule has 0 spiro atoms. The van der Waals surface area contributed by atoms with E-state index in [4.69, 9.17) is 11.6 Å². The van der Waals surface area contributed by atoms with Gasteiger partial charge in [0.05, 0.1) is 5.02 Å². The summed E-state index contributed by atoms with van der Waals surface area (Å²) in [6.07, 6.45) is 0. The van der Waals surface area contributed by atoms with Crippen molar-refractivity contribution in [2.45, 2.75) is 6.92 Å². The Kier molecular flexibility index (Phi) is 2.73. The zero-order valence-electron chi connectivity index (χ0n) is 5.79. The Labute approximate surface area is 77.9 Å². The summed E-state index contributed by atoms with van der Waals surface area (Å²) in [5, 5.41) is 0.147. The molecule has 1 aromatic carbocycles. The fourth-order valence-corrected chi connectivity index (χ4v) is 1.39. The third kappa shape index (κ3) is 1.84. The van der Waals surface area contributed by atoms with Crippen LogP contribution in [0.15, 0.2) is 12.1 Å². The fraction of sp³-hybridized carbons (Fsp3) is 0.143. The largest absolute Gasteiger partial charge is 0.322 e. The third-order valence-electron chi connectivity index (χ3n) is 1.37. The van der Waals surface area contributed by atoms with Gasteiger partial charge < -0.3 is 4.34 Å². The lowest BCUT2D eigenvalue weighted by Crippen LogP contribution is -1.87. The van der Waals surface area contributed by atoms with E-state index < -0.39 is 5.82 Å². The highest BCUT2D eigenvalue weighted by atomic mass is 79.9. The van der Waals surface area contributed by atoms with Crippen LogP contribution in [0.3, 0.4) is 0 Å². The van der Waals surface area contributed by atoms with Crippen LogP contribution in [0.5, 0.6) is 0 Å². The molecule has 0 heterocycles. The number of nitrogens with one attached hydrogen (secondary N) is 1. The van der Waals surface area contributed by atoms with Crippen molar-refractivity contribution >= 4 is 33.4 Å². The van der Waals surface area contributed by atoms with E-state index in [-0.39, 0.29) is 5.02 Å². The normalized spacial score (nSPS) is 9.82. The van der Waals surface area contributed by atoms with Gasteiger partial charge in [0.25, 0.3) is 0 Å². The van der Waals surface area contributed by atoms with Gasteiger partial charge in [0.1, 0.15) is 5.82 Å². The van der Waals surface area contributed by atoms with E-state index in [0.717, 1.165) is 5.56 Å². The molecule has 4 heteroatoms. The zero-order chi connectivity index (χ0) is 8.43. The second kappa shape index (κ2) is 3.41. The number of hydrogen-bond acceptors (Lipinski definition) is 1. The molecule has 60 valence electrons. The van der Waals surface area contributed by atoms with Crippen LogP contribution in [-0.2, 0) is 0 Å². The van der Waals surface area contributed by atoms with Crippen molar-refractivity contribution in [2.24, 2.45) is 0 Å². The Hall–Kier alpha value is -0.280. The molecule has 0 unspecified atom stereocenters. The van der Waals surface area contributed by atoms with Gasteiger partial charge in [-0.3, -0.25) is 0 Å². The molecule has 11 heavy (non-hydrogen) atoms. The molecular formula is C7H6BrClFN. The number of rotatable bonds is 1. The maximum absolute atomic E-state index is 12.8. The lowest BCUT2D eigenvalue weighted by Gasteiger charge is -2.03. The maximum atomic E-state index is 12.8. The lowest BCUT2D eigenvalue weighted by molar-refractivity contribution is 0.628. The van der Waals surface area contributed by atoms with E-state index in [1.165, 1.54) is 6.07 Å². The van der Waals surface area contributed by atoms with Crippen molar-refractivity contribution in [1.82, 2.24) is 0 Å². The minimum absolute atomic E-state index is 0.147. The van der Waals surface area contributed by atoms with Crippen LogP contribution in [0.4, 0.5) is 10.1 Å². The molecule has 1 rings (SSSR count). The predicted octanol–water partition coefficient (Wildman–Crippen LogP) is 3.51. The van der Waals surface area contributed by atoms with Gasteiger partial charge >= 0.3 is 0 Å². The molecule has 0 amide bonds. The number of hydrogen-bond donors (Lipinski definition) is 1. The van der Waals surface area contributed by atoms with Gasteiger partial charge in [0, 0.05) is 21.8 Å². The van der Waals surface area contributed by atoms with Crippen molar-refractivity contribution in [3.8, 4) is 0 Å². The number of aryl methyl sites for hydroxylation is 1. The Bertz CT molecular complexity index is 277. The van der Waals surface area contributed by atoms with E-state index in [0.29, 0.717) is 5.69 Å². The van der Waals surface area contributed by atoms with Gasteiger partial charge in [0.2, 0.25) is 0 Å². The Morgan fingerprint density at radius 1 is 1.55 bits per heavy atom. The summed E-state index contributed by atoms with van der Waals surface area (Å²) in [5.74, 6) is -0.417. The first kappa shape index (κ1) is 8.81. The zero-order valence-corrected chi connectivity index (χ0v) is 8.13. The summed E-state index contributed by atoms with van der Waals surface area (Å²) in [6, 6.07) is 2.91. The fourth-order valence-electron chi connectivity index (χ4n) is 0.748. The minimum atomic E-state index is -0.417. The summed E-state index contributed by atoms with van der Waals surface area (Å²) in [6.45, 7) is 1.84. The smallest absolute Gasteiger partial charge is 0.143 e. The van der Waals surface area contributed by atoms with E-state index in [1.807, 2.05) is 6.92 Å². The molecule has 1 nitrogen and oxygen atoms in total. The number of benzene rings is 1. The molecule has 0 bridgehead atoms. The summed E-state index contributed by atoms with van der Waals surface area (Å²) < 4.78 is 15.4. The molecule has 0 atom stereocenters. The first-order valence-corrected chi connectivity index (χ1v) is 4.14. The quantitative estimate of drug-likeness (QED) is 0.738. The molecule has 1 aromatic rings. The minimum Gasteiger partial charge on any atom is -0.322 e. The summed E-state index contributed by atoms with van der Waals surface area (Å²) in [5.41, 5.74) is 1.58. The lowest BCUT2D eigenvalue weighted by atomic mass is 10.2. The molecule has 0 fully saturated rings. The van der Waals surface area contributed by atoms with Gasteiger partial charge in [-0.15, -0.1) is 0 Å². The predicted molar refractivity (Wildman–Crippen MR) is 48.7 cm³/mol. The summed E-state index contributed by atoms with van der Waals surface area (Å²) >= 11 is 8.53. The second-order valence-electron chi connectivity index (χ2n) is 2.18. The summed E-state index contributed by atoms with van der Waals surface area (Å²) in [4.78, 5) is 0. The molecule has 1 N–H and O–H groups in total. The SMILES string of the molecule is Cc1cc(Cl)c(F)cc1NBr. The monoisotopic (exact) mass is 237 g/mol. The van der Waals surface area contributed by atoms with E-state index >= 15 is 0 Å². The van der Waals surface area contributed by atoms with Crippen LogP contribution >= 0.6 is 27.7 Å². The molecule has 0 aliphatic carbocycles. The highest BCUT2D eigenvalue weighted by Crippen LogP contribution is 2.23. The molecular weight excluding hydrogens is 232 g/mol. The molecule has 0 aliphatic rings. The molecule has 0 saturated heterocycles. The highest BCUT2D eigenvalue weighted by molar-refractivity contribution is 9.10. The average Bonchev–Trinajstić information content (AvgIpc) is 1.97. The van der Waals surface area contributed by atoms with E-state index in [1.54, 1.807) is 6.07 Å². The first-order chi connectivity index (χ1) is 5.15. The molecule has 0 radical (unpaired) electrons. The van der Waals surface area contributed by atoms with Crippen LogP contribution in [-0.4, -0.2) is 0 Å². The standard InChI is InChI=1S/C7H6BrClFN/c1-4-2-5(9)6(10)3-7(4)11-8/h2-3,11H,1H3. The summed E-state index contributed by atoms with van der Waals surface area (Å²) in [7, 11) is 0. The average molecular weight is 238 g/mol. The Morgan fingerprint density at radius 2 is 2.18 bits per heavy atom. The van der Waals surface area contributed by atoms with Crippen LogP contribution in [0.2, 0.25) is 5.02 Å². The van der Waals surface area contributed by atoms with Crippen molar-refractivity contribution in [3.05, 3.63) is 28.5 Å². The molecule has 0 saturated carbocycles. The van der Waals surface area contributed by atoms with Crippen LogP contribution < -0.4 is 4.34 Å². The van der Waals surface area contributed by atoms with Gasteiger partial charge in [0.15, 0.2) is 0 Å². The maximum Gasteiger partial charge on any atom is 0.143 e. The second-order valence-corrected chi connectivity index (χ2v) is 2.98. The highest BCUT2D eigenvalue weighted by Gasteiger charge is 2.03.